The summed E-state index contributed by atoms with van der Waals surface area (Å²) in [5, 5.41) is 4.94. The fraction of sp³-hybridized carbons (Fsp3) is 0.667. The number of ether oxygens (including phenoxy) is 1. The van der Waals surface area contributed by atoms with Crippen molar-refractivity contribution in [3.05, 3.63) is 11.3 Å². The van der Waals surface area contributed by atoms with Gasteiger partial charge in [-0.25, -0.2) is 17.5 Å². The van der Waals surface area contributed by atoms with Gasteiger partial charge < -0.3 is 9.57 Å². The fourth-order valence-electron chi connectivity index (χ4n) is 2.17. The SMILES string of the molecule is Cn1nc(C(F)(F)F)c(CS(=O)(=O)C2=NOC(C)(C)C2F)c1OC(F)F. The molecule has 1 aliphatic heterocycles. The van der Waals surface area contributed by atoms with E-state index in [1.54, 1.807) is 0 Å². The molecule has 0 spiro atoms. The predicted molar refractivity (Wildman–Crippen MR) is 75.0 cm³/mol. The highest BCUT2D eigenvalue weighted by Gasteiger charge is 2.49. The normalized spacial score (nSPS) is 20.2. The van der Waals surface area contributed by atoms with Crippen molar-refractivity contribution in [2.24, 2.45) is 12.2 Å². The van der Waals surface area contributed by atoms with Crippen LogP contribution in [0.5, 0.6) is 5.88 Å². The highest BCUT2D eigenvalue weighted by molar-refractivity contribution is 8.05. The number of nitrogens with zero attached hydrogens (tertiary/aromatic N) is 3. The maximum atomic E-state index is 14.2. The predicted octanol–water partition coefficient (Wildman–Crippen LogP) is 2.42. The zero-order valence-electron chi connectivity index (χ0n) is 13.5. The minimum atomic E-state index is -5.16. The molecule has 0 fully saturated rings. The molecule has 0 aromatic carbocycles. The number of aryl methyl sites for hydroxylation is 1. The molecule has 0 N–H and O–H groups in total. The third-order valence-corrected chi connectivity index (χ3v) is 5.00. The van der Waals surface area contributed by atoms with Gasteiger partial charge in [0.1, 0.15) is 0 Å². The van der Waals surface area contributed by atoms with Crippen molar-refractivity contribution >= 4 is 14.9 Å². The van der Waals surface area contributed by atoms with Gasteiger partial charge in [0.15, 0.2) is 17.5 Å². The van der Waals surface area contributed by atoms with Gasteiger partial charge in [-0.05, 0) is 13.8 Å². The van der Waals surface area contributed by atoms with Crippen LogP contribution in [-0.2, 0) is 33.7 Å². The van der Waals surface area contributed by atoms with Gasteiger partial charge in [0.25, 0.3) is 0 Å². The second kappa shape index (κ2) is 6.32. The van der Waals surface area contributed by atoms with Crippen LogP contribution in [0.3, 0.4) is 0 Å². The molecular formula is C12H13F6N3O4S. The van der Waals surface area contributed by atoms with Gasteiger partial charge in [0, 0.05) is 7.05 Å². The number of halogens is 6. The molecule has 0 saturated carbocycles. The molecular weight excluding hydrogens is 396 g/mol. The van der Waals surface area contributed by atoms with Crippen molar-refractivity contribution in [3.8, 4) is 5.88 Å². The summed E-state index contributed by atoms with van der Waals surface area (Å²) in [6.45, 7) is -1.17. The molecule has 1 aliphatic rings. The average molecular weight is 409 g/mol. The average Bonchev–Trinajstić information content (AvgIpc) is 2.89. The standard InChI is InChI=1S/C12H13F6N3O4S/c1-11(2)6(13)8(20-25-11)26(22,23)4-5-7(12(16,17)18)19-21(3)9(5)24-10(14)15/h6,10H,4H2,1-3H3. The van der Waals surface area contributed by atoms with Crippen LogP contribution in [-0.4, -0.2) is 41.6 Å². The van der Waals surface area contributed by atoms with Crippen LogP contribution in [0.15, 0.2) is 5.16 Å². The first-order valence-electron chi connectivity index (χ1n) is 6.87. The van der Waals surface area contributed by atoms with E-state index in [4.69, 9.17) is 0 Å². The van der Waals surface area contributed by atoms with Crippen molar-refractivity contribution in [1.29, 1.82) is 0 Å². The maximum absolute atomic E-state index is 14.2. The Kier molecular flexibility index (Phi) is 4.94. The first kappa shape index (κ1) is 20.3. The van der Waals surface area contributed by atoms with E-state index in [2.05, 4.69) is 19.8 Å². The molecule has 0 aliphatic carbocycles. The summed E-state index contributed by atoms with van der Waals surface area (Å²) < 4.78 is 107. The molecule has 2 rings (SSSR count). The van der Waals surface area contributed by atoms with Crippen LogP contribution >= 0.6 is 0 Å². The van der Waals surface area contributed by atoms with E-state index in [1.807, 2.05) is 0 Å². The van der Waals surface area contributed by atoms with Crippen molar-refractivity contribution in [1.82, 2.24) is 9.78 Å². The lowest BCUT2D eigenvalue weighted by molar-refractivity contribution is -0.142. The summed E-state index contributed by atoms with van der Waals surface area (Å²) in [4.78, 5) is 4.63. The molecule has 7 nitrogen and oxygen atoms in total. The van der Waals surface area contributed by atoms with Crippen LogP contribution in [0.4, 0.5) is 26.3 Å². The Morgan fingerprint density at radius 3 is 2.35 bits per heavy atom. The van der Waals surface area contributed by atoms with Crippen LogP contribution in [0, 0.1) is 0 Å². The largest absolute Gasteiger partial charge is 0.435 e. The van der Waals surface area contributed by atoms with Gasteiger partial charge in [0.2, 0.25) is 20.8 Å². The number of aromatic nitrogens is 2. The number of hydrogen-bond donors (Lipinski definition) is 0. The Balaban J connectivity index is 2.51. The Bertz CT molecular complexity index is 831. The summed E-state index contributed by atoms with van der Waals surface area (Å²) in [5.41, 5.74) is -4.57. The molecule has 2 heterocycles. The molecule has 14 heteroatoms. The molecule has 148 valence electrons. The van der Waals surface area contributed by atoms with Gasteiger partial charge in [-0.3, -0.25) is 0 Å². The van der Waals surface area contributed by atoms with Gasteiger partial charge in [-0.2, -0.15) is 27.1 Å². The van der Waals surface area contributed by atoms with E-state index in [0.29, 0.717) is 4.68 Å². The quantitative estimate of drug-likeness (QED) is 0.714. The van der Waals surface area contributed by atoms with E-state index in [-0.39, 0.29) is 0 Å². The second-order valence-corrected chi connectivity index (χ2v) is 7.81. The van der Waals surface area contributed by atoms with Gasteiger partial charge in [-0.1, -0.05) is 5.16 Å². The van der Waals surface area contributed by atoms with Crippen LogP contribution in [0.2, 0.25) is 0 Å². The third-order valence-electron chi connectivity index (χ3n) is 3.41. The molecule has 1 aromatic rings. The third kappa shape index (κ3) is 3.73. The van der Waals surface area contributed by atoms with Crippen molar-refractivity contribution < 1.29 is 44.3 Å². The van der Waals surface area contributed by atoms with E-state index < -0.39 is 62.3 Å². The van der Waals surface area contributed by atoms with E-state index in [9.17, 15) is 34.8 Å². The molecule has 0 amide bonds. The summed E-state index contributed by atoms with van der Waals surface area (Å²) >= 11 is 0. The lowest BCUT2D eigenvalue weighted by Crippen LogP contribution is -2.37. The lowest BCUT2D eigenvalue weighted by Gasteiger charge is -2.18. The lowest BCUT2D eigenvalue weighted by atomic mass is 10.1. The summed E-state index contributed by atoms with van der Waals surface area (Å²) in [6.07, 6.45) is -7.41. The molecule has 1 aromatic heterocycles. The van der Waals surface area contributed by atoms with Gasteiger partial charge >= 0.3 is 12.8 Å². The minimum absolute atomic E-state index is 0.323. The number of rotatable bonds is 4. The zero-order chi connectivity index (χ0) is 20.1. The van der Waals surface area contributed by atoms with Crippen LogP contribution < -0.4 is 4.74 Å². The topological polar surface area (TPSA) is 82.8 Å². The first-order valence-corrected chi connectivity index (χ1v) is 8.53. The molecule has 0 bridgehead atoms. The van der Waals surface area contributed by atoms with Gasteiger partial charge in [0.05, 0.1) is 11.3 Å². The van der Waals surface area contributed by atoms with E-state index >= 15 is 0 Å². The molecule has 0 saturated heterocycles. The summed E-state index contributed by atoms with van der Waals surface area (Å²) in [6, 6.07) is 0. The Hall–Kier alpha value is -1.99. The number of hydrogen-bond acceptors (Lipinski definition) is 6. The maximum Gasteiger partial charge on any atom is 0.435 e. The minimum Gasteiger partial charge on any atom is -0.417 e. The summed E-state index contributed by atoms with van der Waals surface area (Å²) in [5.74, 6) is -2.61. The van der Waals surface area contributed by atoms with Crippen molar-refractivity contribution in [3.63, 3.8) is 0 Å². The van der Waals surface area contributed by atoms with Crippen molar-refractivity contribution in [2.45, 2.75) is 44.2 Å². The summed E-state index contributed by atoms with van der Waals surface area (Å²) in [7, 11) is -3.93. The molecule has 26 heavy (non-hydrogen) atoms. The highest BCUT2D eigenvalue weighted by atomic mass is 32.2. The van der Waals surface area contributed by atoms with Gasteiger partial charge in [-0.15, -0.1) is 0 Å². The Morgan fingerprint density at radius 2 is 1.92 bits per heavy atom. The number of sulfone groups is 1. The Labute approximate surface area is 143 Å². The first-order chi connectivity index (χ1) is 11.7. The Morgan fingerprint density at radius 1 is 1.35 bits per heavy atom. The molecule has 1 unspecified atom stereocenters. The number of alkyl halides is 6. The second-order valence-electron chi connectivity index (χ2n) is 5.88. The highest BCUT2D eigenvalue weighted by Crippen LogP contribution is 2.38. The van der Waals surface area contributed by atoms with Crippen LogP contribution in [0.1, 0.15) is 25.1 Å². The van der Waals surface area contributed by atoms with Crippen LogP contribution in [0.25, 0.3) is 0 Å². The van der Waals surface area contributed by atoms with E-state index in [1.165, 1.54) is 13.8 Å². The smallest absolute Gasteiger partial charge is 0.417 e. The fourth-order valence-corrected chi connectivity index (χ4v) is 3.71. The zero-order valence-corrected chi connectivity index (χ0v) is 14.3. The molecule has 0 radical (unpaired) electrons. The molecule has 1 atom stereocenters. The van der Waals surface area contributed by atoms with E-state index in [0.717, 1.165) is 7.05 Å². The monoisotopic (exact) mass is 409 g/mol. The van der Waals surface area contributed by atoms with Crippen molar-refractivity contribution in [2.75, 3.05) is 0 Å². The number of oxime groups is 1.